The van der Waals surface area contributed by atoms with Gasteiger partial charge in [0.05, 0.1) is 6.61 Å². The summed E-state index contributed by atoms with van der Waals surface area (Å²) in [5.74, 6) is 0.374. The van der Waals surface area contributed by atoms with E-state index in [1.165, 1.54) is 6.07 Å². The van der Waals surface area contributed by atoms with Gasteiger partial charge in [0.25, 0.3) is 0 Å². The molecule has 1 heterocycles. The maximum Gasteiger partial charge on any atom is 0.356 e. The Bertz CT molecular complexity index is 442. The molecule has 1 N–H and O–H groups in total. The van der Waals surface area contributed by atoms with E-state index in [1.54, 1.807) is 6.07 Å². The van der Waals surface area contributed by atoms with E-state index in [2.05, 4.69) is 29.3 Å². The van der Waals surface area contributed by atoms with Crippen molar-refractivity contribution in [2.45, 2.75) is 19.8 Å². The maximum atomic E-state index is 10.6. The Labute approximate surface area is 105 Å². The minimum Gasteiger partial charge on any atom is -0.476 e. The number of aromatic nitrogens is 2. The Morgan fingerprint density at radius 1 is 1.39 bits per heavy atom. The number of ether oxygens (including phenoxy) is 1. The third-order valence-corrected chi connectivity index (χ3v) is 3.22. The Hall–Kier alpha value is -1.91. The first-order valence-corrected chi connectivity index (χ1v) is 6.01. The van der Waals surface area contributed by atoms with E-state index in [-0.39, 0.29) is 5.69 Å². The van der Waals surface area contributed by atoms with Crippen LogP contribution >= 0.6 is 0 Å². The van der Waals surface area contributed by atoms with Crippen LogP contribution in [0.25, 0.3) is 0 Å². The van der Waals surface area contributed by atoms with Crippen molar-refractivity contribution in [1.29, 1.82) is 0 Å². The Kier molecular flexibility index (Phi) is 3.92. The first-order valence-electron chi connectivity index (χ1n) is 6.01. The molecule has 2 atom stereocenters. The second-order valence-electron chi connectivity index (χ2n) is 4.55. The Morgan fingerprint density at radius 2 is 2.17 bits per heavy atom. The zero-order valence-corrected chi connectivity index (χ0v) is 10.2. The van der Waals surface area contributed by atoms with Crippen molar-refractivity contribution in [3.05, 3.63) is 30.0 Å². The molecule has 0 aromatic carbocycles. The van der Waals surface area contributed by atoms with Gasteiger partial charge in [0.2, 0.25) is 5.88 Å². The molecule has 5 nitrogen and oxygen atoms in total. The van der Waals surface area contributed by atoms with Crippen molar-refractivity contribution in [1.82, 2.24) is 10.2 Å². The van der Waals surface area contributed by atoms with E-state index in [1.807, 2.05) is 0 Å². The van der Waals surface area contributed by atoms with Gasteiger partial charge in [0.1, 0.15) is 0 Å². The molecule has 0 saturated heterocycles. The standard InChI is InChI=1S/C13H16N2O3/c1-9-4-2-3-5-10(9)8-18-12-7-6-11(13(16)17)14-15-12/h2-3,6-7,9-10H,4-5,8H2,1H3,(H,16,17). The number of nitrogens with zero attached hydrogens (tertiary/aromatic N) is 2. The maximum absolute atomic E-state index is 10.6. The Morgan fingerprint density at radius 3 is 2.78 bits per heavy atom. The monoisotopic (exact) mass is 248 g/mol. The van der Waals surface area contributed by atoms with Crippen molar-refractivity contribution in [3.63, 3.8) is 0 Å². The first kappa shape index (κ1) is 12.5. The lowest BCUT2D eigenvalue weighted by Crippen LogP contribution is -2.21. The van der Waals surface area contributed by atoms with Crippen molar-refractivity contribution in [2.75, 3.05) is 6.61 Å². The van der Waals surface area contributed by atoms with Crippen LogP contribution in [0.3, 0.4) is 0 Å². The molecule has 1 aromatic rings. The van der Waals surface area contributed by atoms with E-state index < -0.39 is 5.97 Å². The number of carbonyl (C=O) groups is 1. The summed E-state index contributed by atoms with van der Waals surface area (Å²) in [6.07, 6.45) is 6.47. The molecule has 0 radical (unpaired) electrons. The van der Waals surface area contributed by atoms with Gasteiger partial charge in [0.15, 0.2) is 5.69 Å². The van der Waals surface area contributed by atoms with Crippen LogP contribution in [-0.4, -0.2) is 27.9 Å². The van der Waals surface area contributed by atoms with Gasteiger partial charge in [-0.1, -0.05) is 19.1 Å². The molecule has 96 valence electrons. The van der Waals surface area contributed by atoms with Crippen LogP contribution in [0, 0.1) is 11.8 Å². The SMILES string of the molecule is CC1CC=CCC1COc1ccc(C(=O)O)nn1. The summed E-state index contributed by atoms with van der Waals surface area (Å²) in [6.45, 7) is 2.79. The van der Waals surface area contributed by atoms with Gasteiger partial charge in [-0.3, -0.25) is 0 Å². The predicted molar refractivity (Wildman–Crippen MR) is 65.5 cm³/mol. The lowest BCUT2D eigenvalue weighted by molar-refractivity contribution is 0.0688. The molecule has 0 aliphatic heterocycles. The van der Waals surface area contributed by atoms with Crippen LogP contribution in [0.15, 0.2) is 24.3 Å². The number of rotatable bonds is 4. The van der Waals surface area contributed by atoms with Gasteiger partial charge in [-0.05, 0) is 30.7 Å². The molecule has 0 bridgehead atoms. The van der Waals surface area contributed by atoms with Crippen molar-refractivity contribution in [3.8, 4) is 5.88 Å². The van der Waals surface area contributed by atoms with Crippen LogP contribution < -0.4 is 4.74 Å². The lowest BCUT2D eigenvalue weighted by Gasteiger charge is -2.24. The first-order chi connectivity index (χ1) is 8.66. The van der Waals surface area contributed by atoms with Crippen molar-refractivity contribution < 1.29 is 14.6 Å². The number of hydrogen-bond donors (Lipinski definition) is 1. The molecule has 0 saturated carbocycles. The number of allylic oxidation sites excluding steroid dienone is 2. The Balaban J connectivity index is 1.90. The van der Waals surface area contributed by atoms with Crippen molar-refractivity contribution in [2.24, 2.45) is 11.8 Å². The lowest BCUT2D eigenvalue weighted by atomic mass is 9.85. The summed E-state index contributed by atoms with van der Waals surface area (Å²) < 4.78 is 5.55. The molecule has 1 aromatic heterocycles. The molecule has 0 spiro atoms. The fourth-order valence-corrected chi connectivity index (χ4v) is 1.94. The fraction of sp³-hybridized carbons (Fsp3) is 0.462. The molecule has 5 heteroatoms. The third-order valence-electron chi connectivity index (χ3n) is 3.22. The second kappa shape index (κ2) is 5.62. The zero-order chi connectivity index (χ0) is 13.0. The molecule has 1 aliphatic rings. The smallest absolute Gasteiger partial charge is 0.356 e. The topological polar surface area (TPSA) is 72.3 Å². The van der Waals surface area contributed by atoms with Crippen LogP contribution in [0.1, 0.15) is 30.3 Å². The summed E-state index contributed by atoms with van der Waals surface area (Å²) in [5.41, 5.74) is -0.0729. The van der Waals surface area contributed by atoms with Crippen LogP contribution in [0.5, 0.6) is 5.88 Å². The fourth-order valence-electron chi connectivity index (χ4n) is 1.94. The molecule has 18 heavy (non-hydrogen) atoms. The van der Waals surface area contributed by atoms with E-state index in [4.69, 9.17) is 9.84 Å². The van der Waals surface area contributed by atoms with Gasteiger partial charge >= 0.3 is 5.97 Å². The molecule has 2 rings (SSSR count). The van der Waals surface area contributed by atoms with E-state index in [0.29, 0.717) is 24.3 Å². The molecule has 1 aliphatic carbocycles. The minimum atomic E-state index is -1.08. The number of carboxylic acid groups (broad SMARTS) is 1. The highest BCUT2D eigenvalue weighted by molar-refractivity contribution is 5.84. The van der Waals surface area contributed by atoms with Crippen LogP contribution in [-0.2, 0) is 0 Å². The number of carboxylic acids is 1. The molecule has 0 fully saturated rings. The normalized spacial score (nSPS) is 22.7. The van der Waals surface area contributed by atoms with Crippen LogP contribution in [0.4, 0.5) is 0 Å². The number of hydrogen-bond acceptors (Lipinski definition) is 4. The molecule has 2 unspecified atom stereocenters. The largest absolute Gasteiger partial charge is 0.476 e. The molecule has 0 amide bonds. The summed E-state index contributed by atoms with van der Waals surface area (Å²) in [7, 11) is 0. The van der Waals surface area contributed by atoms with Gasteiger partial charge in [-0.25, -0.2) is 4.79 Å². The van der Waals surface area contributed by atoms with Crippen molar-refractivity contribution >= 4 is 5.97 Å². The summed E-state index contributed by atoms with van der Waals surface area (Å²) in [4.78, 5) is 10.6. The summed E-state index contributed by atoms with van der Waals surface area (Å²) in [6, 6.07) is 2.94. The van der Waals surface area contributed by atoms with Gasteiger partial charge in [-0.2, -0.15) is 0 Å². The third kappa shape index (κ3) is 3.06. The second-order valence-corrected chi connectivity index (χ2v) is 4.55. The summed E-state index contributed by atoms with van der Waals surface area (Å²) in [5, 5.41) is 16.0. The highest BCUT2D eigenvalue weighted by Crippen LogP contribution is 2.25. The van der Waals surface area contributed by atoms with E-state index in [0.717, 1.165) is 12.8 Å². The minimum absolute atomic E-state index is 0.0729. The van der Waals surface area contributed by atoms with Gasteiger partial charge in [0, 0.05) is 6.07 Å². The molecular weight excluding hydrogens is 232 g/mol. The average molecular weight is 248 g/mol. The molecular formula is C13H16N2O3. The average Bonchev–Trinajstić information content (AvgIpc) is 2.38. The van der Waals surface area contributed by atoms with E-state index >= 15 is 0 Å². The van der Waals surface area contributed by atoms with Gasteiger partial charge < -0.3 is 9.84 Å². The quantitative estimate of drug-likeness (QED) is 0.826. The van der Waals surface area contributed by atoms with Gasteiger partial charge in [-0.15, -0.1) is 10.2 Å². The highest BCUT2D eigenvalue weighted by Gasteiger charge is 2.19. The van der Waals surface area contributed by atoms with E-state index in [9.17, 15) is 4.79 Å². The predicted octanol–water partition coefficient (Wildman–Crippen LogP) is 2.16. The zero-order valence-electron chi connectivity index (χ0n) is 10.2. The highest BCUT2D eigenvalue weighted by atomic mass is 16.5. The summed E-state index contributed by atoms with van der Waals surface area (Å²) >= 11 is 0. The van der Waals surface area contributed by atoms with Crippen LogP contribution in [0.2, 0.25) is 0 Å². The number of aromatic carboxylic acids is 1.